The topological polar surface area (TPSA) is 100.0 Å². The van der Waals surface area contributed by atoms with E-state index in [4.69, 9.17) is 5.11 Å². The van der Waals surface area contributed by atoms with Crippen LogP contribution in [0.25, 0.3) is 22.2 Å². The van der Waals surface area contributed by atoms with Gasteiger partial charge in [0.05, 0.1) is 30.0 Å². The molecule has 0 saturated carbocycles. The van der Waals surface area contributed by atoms with Crippen molar-refractivity contribution in [3.63, 3.8) is 0 Å². The average Bonchev–Trinajstić information content (AvgIpc) is 3.39. The first-order chi connectivity index (χ1) is 15.4. The van der Waals surface area contributed by atoms with Crippen LogP contribution in [-0.2, 0) is 27.7 Å². The molecule has 8 nitrogen and oxygen atoms in total. The van der Waals surface area contributed by atoms with E-state index in [0.717, 1.165) is 47.7 Å². The lowest BCUT2D eigenvalue weighted by Crippen LogP contribution is -2.28. The van der Waals surface area contributed by atoms with Gasteiger partial charge in [-0.25, -0.2) is 13.0 Å². The first kappa shape index (κ1) is 23.7. The largest absolute Gasteiger partial charge is 0.726 e. The number of thiazole rings is 1. The number of hydrogen-bond acceptors (Lipinski definition) is 7. The van der Waals surface area contributed by atoms with Crippen molar-refractivity contribution in [2.24, 2.45) is 10.2 Å². The predicted molar refractivity (Wildman–Crippen MR) is 124 cm³/mol. The van der Waals surface area contributed by atoms with E-state index >= 15 is 0 Å². The van der Waals surface area contributed by atoms with Crippen LogP contribution in [-0.4, -0.2) is 24.6 Å². The quantitative estimate of drug-likeness (QED) is 0.166. The van der Waals surface area contributed by atoms with Gasteiger partial charge in [-0.15, -0.1) is 0 Å². The van der Waals surface area contributed by atoms with E-state index in [0.29, 0.717) is 0 Å². The molecule has 2 aromatic heterocycles. The lowest BCUT2D eigenvalue weighted by molar-refractivity contribution is -0.676. The highest BCUT2D eigenvalue weighted by atomic mass is 32.3. The van der Waals surface area contributed by atoms with Gasteiger partial charge in [-0.1, -0.05) is 48.5 Å². The van der Waals surface area contributed by atoms with Crippen LogP contribution in [0.5, 0.6) is 0 Å². The number of benzene rings is 2. The Hall–Kier alpha value is -2.92. The third kappa shape index (κ3) is 5.46. The summed E-state index contributed by atoms with van der Waals surface area (Å²) in [5.41, 5.74) is 4.41. The highest BCUT2D eigenvalue weighted by Gasteiger charge is 2.20. The summed E-state index contributed by atoms with van der Waals surface area (Å²) in [5, 5.41) is 13.4. The average molecular weight is 473 g/mol. The number of rotatable bonds is 6. The van der Waals surface area contributed by atoms with Crippen LogP contribution in [0.15, 0.2) is 76.4 Å². The minimum Gasteiger partial charge on any atom is -0.726 e. The third-order valence-electron chi connectivity index (χ3n) is 4.75. The third-order valence-corrected chi connectivity index (χ3v) is 5.94. The SMILES string of the molecule is CCn1c(-c2ccccc2)c(N=Nc2scc[n+]2CC)c2ccccc21.COS(=O)(=O)[O-]. The van der Waals surface area contributed by atoms with Gasteiger partial charge in [-0.3, -0.25) is 4.18 Å². The van der Waals surface area contributed by atoms with Crippen LogP contribution in [0.2, 0.25) is 0 Å². The molecule has 10 heteroatoms. The molecule has 0 aliphatic carbocycles. The Morgan fingerprint density at radius 3 is 2.34 bits per heavy atom. The monoisotopic (exact) mass is 472 g/mol. The summed E-state index contributed by atoms with van der Waals surface area (Å²) >= 11 is 1.61. The molecule has 0 amide bonds. The Kier molecular flexibility index (Phi) is 7.86. The molecule has 168 valence electrons. The van der Waals surface area contributed by atoms with Gasteiger partial charge in [0, 0.05) is 22.9 Å². The van der Waals surface area contributed by atoms with Crippen molar-refractivity contribution in [2.75, 3.05) is 7.11 Å². The summed E-state index contributed by atoms with van der Waals surface area (Å²) in [6.45, 7) is 6.06. The zero-order valence-corrected chi connectivity index (χ0v) is 19.6. The summed E-state index contributed by atoms with van der Waals surface area (Å²) in [5.74, 6) is 0. The van der Waals surface area contributed by atoms with E-state index in [9.17, 15) is 13.0 Å². The van der Waals surface area contributed by atoms with E-state index in [1.165, 1.54) is 5.52 Å². The van der Waals surface area contributed by atoms with Crippen molar-refractivity contribution in [3.05, 3.63) is 66.2 Å². The van der Waals surface area contributed by atoms with Crippen molar-refractivity contribution in [1.82, 2.24) is 4.57 Å². The van der Waals surface area contributed by atoms with E-state index < -0.39 is 10.4 Å². The molecule has 0 saturated heterocycles. The van der Waals surface area contributed by atoms with Crippen LogP contribution in [0, 0.1) is 0 Å². The molecule has 0 unspecified atom stereocenters. The predicted octanol–water partition coefficient (Wildman–Crippen LogP) is 5.21. The van der Waals surface area contributed by atoms with E-state index in [1.807, 2.05) is 17.6 Å². The van der Waals surface area contributed by atoms with E-state index in [1.54, 1.807) is 11.3 Å². The van der Waals surface area contributed by atoms with Gasteiger partial charge in [-0.2, -0.15) is 0 Å². The van der Waals surface area contributed by atoms with Gasteiger partial charge in [0.1, 0.15) is 11.9 Å². The van der Waals surface area contributed by atoms with Crippen LogP contribution in [0.1, 0.15) is 13.8 Å². The van der Waals surface area contributed by atoms with Crippen molar-refractivity contribution in [3.8, 4) is 11.3 Å². The lowest BCUT2D eigenvalue weighted by Gasteiger charge is -2.08. The fourth-order valence-corrected chi connectivity index (χ4v) is 4.06. The lowest BCUT2D eigenvalue weighted by atomic mass is 10.1. The van der Waals surface area contributed by atoms with Crippen LogP contribution >= 0.6 is 11.3 Å². The normalized spacial score (nSPS) is 11.6. The number of aromatic nitrogens is 2. The molecule has 4 aromatic rings. The second kappa shape index (κ2) is 10.6. The van der Waals surface area contributed by atoms with Gasteiger partial charge < -0.3 is 9.12 Å². The summed E-state index contributed by atoms with van der Waals surface area (Å²) in [6.07, 6.45) is 2.05. The number of para-hydroxylation sites is 1. The van der Waals surface area contributed by atoms with Gasteiger partial charge >= 0.3 is 5.13 Å². The van der Waals surface area contributed by atoms with Crippen molar-refractivity contribution in [1.29, 1.82) is 0 Å². The van der Waals surface area contributed by atoms with Crippen molar-refractivity contribution in [2.45, 2.75) is 26.9 Å². The fraction of sp³-hybridized carbons (Fsp3) is 0.227. The molecule has 2 heterocycles. The number of hydrogen-bond donors (Lipinski definition) is 0. The highest BCUT2D eigenvalue weighted by molar-refractivity contribution is 7.80. The number of aryl methyl sites for hydroxylation is 2. The Morgan fingerprint density at radius 1 is 1.06 bits per heavy atom. The van der Waals surface area contributed by atoms with Crippen LogP contribution in [0.3, 0.4) is 0 Å². The zero-order chi connectivity index (χ0) is 23.1. The molecule has 4 rings (SSSR count). The van der Waals surface area contributed by atoms with E-state index in [2.05, 4.69) is 80.8 Å². The summed E-state index contributed by atoms with van der Waals surface area (Å²) in [7, 11) is -3.60. The Bertz CT molecular complexity index is 1310. The number of azo groups is 1. The maximum atomic E-state index is 9.22. The molecule has 32 heavy (non-hydrogen) atoms. The van der Waals surface area contributed by atoms with Gasteiger partial charge in [0.2, 0.25) is 10.4 Å². The maximum Gasteiger partial charge on any atom is 0.408 e. The minimum absolute atomic E-state index is 0.808. The Balaban J connectivity index is 0.000000427. The smallest absolute Gasteiger partial charge is 0.408 e. The Morgan fingerprint density at radius 2 is 1.72 bits per heavy atom. The number of nitrogens with zero attached hydrogens (tertiary/aromatic N) is 4. The summed E-state index contributed by atoms with van der Waals surface area (Å²) in [6, 6.07) is 18.9. The van der Waals surface area contributed by atoms with Crippen molar-refractivity contribution >= 4 is 43.5 Å². The molecule has 0 aliphatic rings. The zero-order valence-electron chi connectivity index (χ0n) is 18.0. The molecule has 0 spiro atoms. The molecule has 2 aromatic carbocycles. The van der Waals surface area contributed by atoms with Crippen molar-refractivity contribution < 1.29 is 21.7 Å². The maximum absolute atomic E-state index is 9.22. The minimum atomic E-state index is -4.41. The highest BCUT2D eigenvalue weighted by Crippen LogP contribution is 2.40. The van der Waals surface area contributed by atoms with Gasteiger partial charge in [0.25, 0.3) is 0 Å². The van der Waals surface area contributed by atoms with Gasteiger partial charge in [-0.05, 0) is 36.4 Å². The molecule has 0 atom stereocenters. The molecule has 0 radical (unpaired) electrons. The molecule has 0 bridgehead atoms. The summed E-state index contributed by atoms with van der Waals surface area (Å²) in [4.78, 5) is 0. The molecule has 0 aliphatic heterocycles. The standard InChI is InChI=1S/C21H21N4S.CH4O4S/c1-3-24-14-15-26-21(24)23-22-19-17-12-8-9-13-18(17)25(4-2)20(19)16-10-6-5-7-11-16;1-5-6(2,3)4/h5-15H,3-4H2,1-2H3;1H3,(H,2,3,4)/q+1;/p-1. The molecule has 0 fully saturated rings. The first-order valence-electron chi connectivity index (χ1n) is 9.96. The van der Waals surface area contributed by atoms with E-state index in [-0.39, 0.29) is 0 Å². The second-order valence-corrected chi connectivity index (χ2v) is 8.59. The van der Waals surface area contributed by atoms with Crippen LogP contribution in [0.4, 0.5) is 10.8 Å². The Labute approximate surface area is 191 Å². The molecular weight excluding hydrogens is 448 g/mol. The van der Waals surface area contributed by atoms with Crippen LogP contribution < -0.4 is 4.57 Å². The first-order valence-corrected chi connectivity index (χ1v) is 12.2. The fourth-order valence-electron chi connectivity index (χ4n) is 3.31. The second-order valence-electron chi connectivity index (χ2n) is 6.57. The summed E-state index contributed by atoms with van der Waals surface area (Å²) < 4.78 is 35.4. The van der Waals surface area contributed by atoms with Gasteiger partial charge in [0.15, 0.2) is 0 Å². The molecular formula is C22H24N4O4S2. The molecule has 0 N–H and O–H groups in total. The number of fused-ring (bicyclic) bond motifs is 1.